The molecule has 1 amide bonds. The van der Waals surface area contributed by atoms with Crippen molar-refractivity contribution in [2.24, 2.45) is 4.99 Å². The maximum absolute atomic E-state index is 13.3. The van der Waals surface area contributed by atoms with Gasteiger partial charge in [0.15, 0.2) is 5.17 Å². The third-order valence-electron chi connectivity index (χ3n) is 6.90. The molecule has 2 aliphatic heterocycles. The predicted octanol–water partition coefficient (Wildman–Crippen LogP) is 5.04. The number of rotatable bonds is 8. The number of fused-ring (bicyclic) bond motifs is 2. The SMILES string of the molecule is COCCOC(=O)C1=C(C)N=C2SC=C(CC(=O)N[C@@H]3CCCc4ccccc43)N2[C@H]1c1ccccc1. The number of carbonyl (C=O) groups is 2. The van der Waals surface area contributed by atoms with Crippen LogP contribution in [0.2, 0.25) is 0 Å². The van der Waals surface area contributed by atoms with Crippen LogP contribution in [0.3, 0.4) is 0 Å². The number of aliphatic imine (C=N–C) groups is 1. The Morgan fingerprint density at radius 3 is 2.70 bits per heavy atom. The van der Waals surface area contributed by atoms with E-state index in [9.17, 15) is 9.59 Å². The van der Waals surface area contributed by atoms with Crippen molar-refractivity contribution in [2.45, 2.75) is 44.7 Å². The van der Waals surface area contributed by atoms with Gasteiger partial charge in [0.1, 0.15) is 6.61 Å². The highest BCUT2D eigenvalue weighted by Crippen LogP contribution is 2.45. The topological polar surface area (TPSA) is 80.2 Å². The van der Waals surface area contributed by atoms with Crippen LogP contribution in [0.15, 0.2) is 82.0 Å². The second kappa shape index (κ2) is 11.4. The third kappa shape index (κ3) is 5.36. The van der Waals surface area contributed by atoms with E-state index in [1.807, 2.05) is 53.6 Å². The van der Waals surface area contributed by atoms with Crippen molar-refractivity contribution in [3.8, 4) is 0 Å². The Morgan fingerprint density at radius 1 is 1.11 bits per heavy atom. The fraction of sp³-hybridized carbons (Fsp3) is 0.345. The van der Waals surface area contributed by atoms with Gasteiger partial charge in [-0.25, -0.2) is 9.79 Å². The van der Waals surface area contributed by atoms with Gasteiger partial charge in [0.05, 0.1) is 36.4 Å². The van der Waals surface area contributed by atoms with Crippen molar-refractivity contribution in [3.05, 3.63) is 93.7 Å². The van der Waals surface area contributed by atoms with E-state index in [0.29, 0.717) is 17.9 Å². The van der Waals surface area contributed by atoms with Gasteiger partial charge in [0, 0.05) is 12.8 Å². The molecule has 0 saturated heterocycles. The van der Waals surface area contributed by atoms with Crippen LogP contribution < -0.4 is 5.32 Å². The van der Waals surface area contributed by atoms with Crippen LogP contribution in [-0.4, -0.2) is 42.3 Å². The first-order valence-corrected chi connectivity index (χ1v) is 13.5. The van der Waals surface area contributed by atoms with Gasteiger partial charge in [-0.2, -0.15) is 0 Å². The van der Waals surface area contributed by atoms with Crippen LogP contribution in [-0.2, 0) is 25.5 Å². The highest BCUT2D eigenvalue weighted by Gasteiger charge is 2.41. The number of amides is 1. The van der Waals surface area contributed by atoms with Crippen LogP contribution >= 0.6 is 11.8 Å². The average Bonchev–Trinajstić information content (AvgIpc) is 3.30. The van der Waals surface area contributed by atoms with Crippen molar-refractivity contribution in [2.75, 3.05) is 20.3 Å². The normalized spacial score (nSPS) is 20.5. The van der Waals surface area contributed by atoms with E-state index in [0.717, 1.165) is 35.7 Å². The van der Waals surface area contributed by atoms with Gasteiger partial charge in [0.2, 0.25) is 5.91 Å². The lowest BCUT2D eigenvalue weighted by Gasteiger charge is -2.36. The Morgan fingerprint density at radius 2 is 1.89 bits per heavy atom. The van der Waals surface area contributed by atoms with Crippen molar-refractivity contribution < 1.29 is 19.1 Å². The van der Waals surface area contributed by atoms with Crippen LogP contribution in [0.4, 0.5) is 0 Å². The largest absolute Gasteiger partial charge is 0.460 e. The zero-order valence-electron chi connectivity index (χ0n) is 21.1. The van der Waals surface area contributed by atoms with Gasteiger partial charge in [-0.15, -0.1) is 0 Å². The van der Waals surface area contributed by atoms with E-state index in [2.05, 4.69) is 23.5 Å². The molecule has 8 heteroatoms. The Bertz CT molecular complexity index is 1270. The van der Waals surface area contributed by atoms with Crippen LogP contribution in [0.25, 0.3) is 0 Å². The summed E-state index contributed by atoms with van der Waals surface area (Å²) in [4.78, 5) is 33.3. The fourth-order valence-electron chi connectivity index (χ4n) is 5.19. The number of methoxy groups -OCH3 is 1. The lowest BCUT2D eigenvalue weighted by atomic mass is 9.87. The summed E-state index contributed by atoms with van der Waals surface area (Å²) in [7, 11) is 1.57. The smallest absolute Gasteiger partial charge is 0.338 e. The van der Waals surface area contributed by atoms with Gasteiger partial charge in [-0.05, 0) is 48.3 Å². The van der Waals surface area contributed by atoms with E-state index in [1.54, 1.807) is 7.11 Å². The molecule has 37 heavy (non-hydrogen) atoms. The van der Waals surface area contributed by atoms with Gasteiger partial charge in [-0.3, -0.25) is 4.79 Å². The van der Waals surface area contributed by atoms with Crippen LogP contribution in [0.1, 0.15) is 55.0 Å². The molecule has 0 saturated carbocycles. The molecular weight excluding hydrogens is 486 g/mol. The van der Waals surface area contributed by atoms with Gasteiger partial charge in [0.25, 0.3) is 0 Å². The lowest BCUT2D eigenvalue weighted by Crippen LogP contribution is -2.38. The molecule has 2 heterocycles. The number of hydrogen-bond acceptors (Lipinski definition) is 7. The number of thioether (sulfide) groups is 1. The number of hydrogen-bond donors (Lipinski definition) is 1. The van der Waals surface area contributed by atoms with E-state index < -0.39 is 12.0 Å². The van der Waals surface area contributed by atoms with Gasteiger partial charge >= 0.3 is 5.97 Å². The monoisotopic (exact) mass is 517 g/mol. The van der Waals surface area contributed by atoms with Gasteiger partial charge in [-0.1, -0.05) is 66.4 Å². The number of esters is 1. The molecule has 0 unspecified atom stereocenters. The standard InChI is InChI=1S/C29H31N3O4S/c1-19-26(28(34)36-16-15-35-2)27(21-10-4-3-5-11-21)32-22(18-37-29(32)30-19)17-25(33)31-24-14-8-12-20-9-6-7-13-23(20)24/h3-7,9-11,13,18,24,27H,8,12,14-17H2,1-2H3,(H,31,33)/t24-,27+/m1/s1. The number of amidine groups is 1. The number of nitrogens with one attached hydrogen (secondary N) is 1. The van der Waals surface area contributed by atoms with E-state index in [-0.39, 0.29) is 25.0 Å². The highest BCUT2D eigenvalue weighted by atomic mass is 32.2. The average molecular weight is 518 g/mol. The summed E-state index contributed by atoms with van der Waals surface area (Å²) in [5, 5.41) is 5.98. The molecule has 0 bridgehead atoms. The number of aryl methyl sites for hydroxylation is 1. The molecule has 3 aliphatic rings. The molecule has 5 rings (SSSR count). The van der Waals surface area contributed by atoms with Crippen molar-refractivity contribution in [1.82, 2.24) is 10.2 Å². The first-order chi connectivity index (χ1) is 18.1. The fourth-order valence-corrected chi connectivity index (χ4v) is 6.15. The molecule has 2 aromatic rings. The molecule has 192 valence electrons. The molecule has 0 radical (unpaired) electrons. The molecule has 2 atom stereocenters. The Balaban J connectivity index is 1.39. The second-order valence-electron chi connectivity index (χ2n) is 9.32. The van der Waals surface area contributed by atoms with E-state index >= 15 is 0 Å². The minimum absolute atomic E-state index is 0.0139. The molecule has 0 spiro atoms. The molecule has 1 aliphatic carbocycles. The number of ether oxygens (including phenoxy) is 2. The maximum atomic E-state index is 13.3. The lowest BCUT2D eigenvalue weighted by molar-refractivity contribution is -0.141. The zero-order valence-corrected chi connectivity index (χ0v) is 21.9. The first-order valence-electron chi connectivity index (χ1n) is 12.6. The second-order valence-corrected chi connectivity index (χ2v) is 10.2. The van der Waals surface area contributed by atoms with Crippen molar-refractivity contribution >= 4 is 28.8 Å². The minimum Gasteiger partial charge on any atom is -0.460 e. The third-order valence-corrected chi connectivity index (χ3v) is 7.79. The molecule has 0 fully saturated rings. The number of benzene rings is 2. The van der Waals surface area contributed by atoms with Crippen molar-refractivity contribution in [3.63, 3.8) is 0 Å². The molecule has 1 N–H and O–H groups in total. The predicted molar refractivity (Wildman–Crippen MR) is 145 cm³/mol. The van der Waals surface area contributed by atoms with E-state index in [1.165, 1.54) is 22.9 Å². The number of carbonyl (C=O) groups excluding carboxylic acids is 2. The van der Waals surface area contributed by atoms with Crippen LogP contribution in [0, 0.1) is 0 Å². The summed E-state index contributed by atoms with van der Waals surface area (Å²) in [6.07, 6.45) is 3.22. The molecular formula is C29H31N3O4S. The summed E-state index contributed by atoms with van der Waals surface area (Å²) < 4.78 is 10.6. The molecule has 7 nitrogen and oxygen atoms in total. The van der Waals surface area contributed by atoms with Gasteiger partial charge < -0.3 is 19.7 Å². The zero-order chi connectivity index (χ0) is 25.8. The number of nitrogens with zero attached hydrogens (tertiary/aromatic N) is 2. The first kappa shape index (κ1) is 25.3. The molecule has 0 aromatic heterocycles. The Kier molecular flexibility index (Phi) is 7.76. The quantitative estimate of drug-likeness (QED) is 0.391. The Hall–Kier alpha value is -3.36. The Labute approximate surface area is 221 Å². The summed E-state index contributed by atoms with van der Waals surface area (Å²) in [5.41, 5.74) is 5.35. The van der Waals surface area contributed by atoms with E-state index in [4.69, 9.17) is 14.5 Å². The number of allylic oxidation sites excluding steroid dienone is 1. The van der Waals surface area contributed by atoms with Crippen molar-refractivity contribution in [1.29, 1.82) is 0 Å². The molecule has 2 aromatic carbocycles. The summed E-state index contributed by atoms with van der Waals surface area (Å²) in [5.74, 6) is -0.470. The van der Waals surface area contributed by atoms with Crippen LogP contribution in [0.5, 0.6) is 0 Å². The summed E-state index contributed by atoms with van der Waals surface area (Å²) in [6, 6.07) is 17.7. The summed E-state index contributed by atoms with van der Waals surface area (Å²) >= 11 is 1.48. The highest BCUT2D eigenvalue weighted by molar-refractivity contribution is 8.16. The summed E-state index contributed by atoms with van der Waals surface area (Å²) in [6.45, 7) is 2.31. The maximum Gasteiger partial charge on any atom is 0.338 e. The minimum atomic E-state index is -0.437.